The lowest BCUT2D eigenvalue weighted by molar-refractivity contribution is -0.136. The number of carbonyl (C=O) groups is 1. The summed E-state index contributed by atoms with van der Waals surface area (Å²) in [6.45, 7) is 5.35. The van der Waals surface area contributed by atoms with Crippen molar-refractivity contribution < 1.29 is 9.90 Å². The fourth-order valence-electron chi connectivity index (χ4n) is 2.35. The van der Waals surface area contributed by atoms with Crippen LogP contribution in [0.5, 0.6) is 0 Å². The van der Waals surface area contributed by atoms with Crippen molar-refractivity contribution in [2.45, 2.75) is 26.8 Å². The molecule has 0 radical (unpaired) electrons. The van der Waals surface area contributed by atoms with Gasteiger partial charge in [0.1, 0.15) is 0 Å². The van der Waals surface area contributed by atoms with Gasteiger partial charge in [0, 0.05) is 18.8 Å². The van der Waals surface area contributed by atoms with E-state index in [0.717, 1.165) is 17.8 Å². The molecule has 0 atom stereocenters. The third-order valence-corrected chi connectivity index (χ3v) is 3.55. The second-order valence-corrected chi connectivity index (χ2v) is 5.34. The molecule has 3 nitrogen and oxygen atoms in total. The Kier molecular flexibility index (Phi) is 4.99. The van der Waals surface area contributed by atoms with Crippen molar-refractivity contribution in [1.29, 1.82) is 0 Å². The van der Waals surface area contributed by atoms with Crippen molar-refractivity contribution in [1.82, 2.24) is 0 Å². The van der Waals surface area contributed by atoms with Crippen molar-refractivity contribution in [2.24, 2.45) is 0 Å². The summed E-state index contributed by atoms with van der Waals surface area (Å²) in [7, 11) is 0. The predicted molar refractivity (Wildman–Crippen MR) is 85.7 cm³/mol. The maximum absolute atomic E-state index is 10.9. The van der Waals surface area contributed by atoms with Gasteiger partial charge in [-0.3, -0.25) is 4.79 Å². The number of rotatable bonds is 6. The number of aliphatic carboxylic acids is 1. The van der Waals surface area contributed by atoms with Gasteiger partial charge in [-0.05, 0) is 31.0 Å². The minimum absolute atomic E-state index is 0.139. The highest BCUT2D eigenvalue weighted by atomic mass is 16.4. The van der Waals surface area contributed by atoms with Crippen LogP contribution in [0.1, 0.15) is 23.1 Å². The summed E-state index contributed by atoms with van der Waals surface area (Å²) >= 11 is 0. The van der Waals surface area contributed by atoms with Gasteiger partial charge < -0.3 is 10.0 Å². The molecule has 0 aliphatic carbocycles. The number of nitrogens with zero attached hydrogens (tertiary/aromatic N) is 1. The minimum Gasteiger partial charge on any atom is -0.481 e. The summed E-state index contributed by atoms with van der Waals surface area (Å²) in [5.74, 6) is -0.766. The van der Waals surface area contributed by atoms with Crippen molar-refractivity contribution in [3.63, 3.8) is 0 Å². The van der Waals surface area contributed by atoms with Crippen LogP contribution in [0, 0.1) is 13.8 Å². The Morgan fingerprint density at radius 2 is 1.71 bits per heavy atom. The van der Waals surface area contributed by atoms with Gasteiger partial charge in [0.25, 0.3) is 0 Å². The first-order chi connectivity index (χ1) is 10.1. The molecule has 1 N–H and O–H groups in total. The molecule has 0 saturated carbocycles. The van der Waals surface area contributed by atoms with Crippen LogP contribution < -0.4 is 4.90 Å². The molecule has 0 aromatic heterocycles. The van der Waals surface area contributed by atoms with Gasteiger partial charge in [-0.15, -0.1) is 0 Å². The van der Waals surface area contributed by atoms with E-state index in [0.29, 0.717) is 6.54 Å². The van der Waals surface area contributed by atoms with Gasteiger partial charge in [-0.2, -0.15) is 0 Å². The first-order valence-electron chi connectivity index (χ1n) is 7.14. The van der Waals surface area contributed by atoms with Crippen molar-refractivity contribution in [3.8, 4) is 0 Å². The normalized spacial score (nSPS) is 10.4. The monoisotopic (exact) mass is 283 g/mol. The van der Waals surface area contributed by atoms with E-state index in [4.69, 9.17) is 5.11 Å². The fourth-order valence-corrected chi connectivity index (χ4v) is 2.35. The molecule has 0 heterocycles. The van der Waals surface area contributed by atoms with E-state index in [2.05, 4.69) is 49.1 Å². The molecule has 3 heteroatoms. The molecule has 0 aliphatic rings. The second kappa shape index (κ2) is 6.93. The van der Waals surface area contributed by atoms with Crippen LogP contribution in [0.3, 0.4) is 0 Å². The van der Waals surface area contributed by atoms with E-state index in [1.807, 2.05) is 18.2 Å². The van der Waals surface area contributed by atoms with E-state index >= 15 is 0 Å². The molecule has 0 aliphatic heterocycles. The maximum Gasteiger partial charge on any atom is 0.305 e. The van der Waals surface area contributed by atoms with Crippen molar-refractivity contribution in [2.75, 3.05) is 11.4 Å². The zero-order valence-electron chi connectivity index (χ0n) is 12.5. The topological polar surface area (TPSA) is 40.5 Å². The number of benzene rings is 2. The van der Waals surface area contributed by atoms with Crippen LogP contribution >= 0.6 is 0 Å². The van der Waals surface area contributed by atoms with Gasteiger partial charge >= 0.3 is 5.97 Å². The fraction of sp³-hybridized carbons (Fsp3) is 0.278. The SMILES string of the molecule is Cc1ccc(CN(CCC(=O)O)c2ccccc2C)cc1. The molecule has 0 spiro atoms. The lowest BCUT2D eigenvalue weighted by atomic mass is 10.1. The largest absolute Gasteiger partial charge is 0.481 e. The molecule has 0 amide bonds. The quantitative estimate of drug-likeness (QED) is 0.877. The van der Waals surface area contributed by atoms with E-state index in [1.165, 1.54) is 11.1 Å². The van der Waals surface area contributed by atoms with Gasteiger partial charge in [-0.25, -0.2) is 0 Å². The summed E-state index contributed by atoms with van der Waals surface area (Å²) in [6, 6.07) is 16.5. The molecule has 0 fully saturated rings. The molecule has 21 heavy (non-hydrogen) atoms. The van der Waals surface area contributed by atoms with Crippen molar-refractivity contribution in [3.05, 3.63) is 65.2 Å². The van der Waals surface area contributed by atoms with Gasteiger partial charge in [0.2, 0.25) is 0 Å². The predicted octanol–water partition coefficient (Wildman–Crippen LogP) is 3.78. The Morgan fingerprint density at radius 3 is 2.33 bits per heavy atom. The van der Waals surface area contributed by atoms with Crippen molar-refractivity contribution >= 4 is 11.7 Å². The Bertz CT molecular complexity index is 605. The highest BCUT2D eigenvalue weighted by molar-refractivity contribution is 5.68. The Labute approximate surface area is 125 Å². The van der Waals surface area contributed by atoms with E-state index < -0.39 is 5.97 Å². The summed E-state index contributed by atoms with van der Waals surface area (Å²) in [5, 5.41) is 8.95. The van der Waals surface area contributed by atoms with Crippen LogP contribution in [0.25, 0.3) is 0 Å². The average molecular weight is 283 g/mol. The molecular weight excluding hydrogens is 262 g/mol. The number of anilines is 1. The number of aryl methyl sites for hydroxylation is 2. The Morgan fingerprint density at radius 1 is 1.05 bits per heavy atom. The number of para-hydroxylation sites is 1. The van der Waals surface area contributed by atoms with E-state index in [-0.39, 0.29) is 6.42 Å². The number of carboxylic acid groups (broad SMARTS) is 1. The van der Waals surface area contributed by atoms with Crippen LogP contribution in [-0.4, -0.2) is 17.6 Å². The average Bonchev–Trinajstić information content (AvgIpc) is 2.46. The molecule has 2 aromatic carbocycles. The van der Waals surface area contributed by atoms with Crippen LogP contribution in [0.4, 0.5) is 5.69 Å². The van der Waals surface area contributed by atoms with Crippen LogP contribution in [0.2, 0.25) is 0 Å². The van der Waals surface area contributed by atoms with Gasteiger partial charge in [-0.1, -0.05) is 48.0 Å². The molecule has 2 aromatic rings. The van der Waals surface area contributed by atoms with E-state index in [9.17, 15) is 4.79 Å². The zero-order chi connectivity index (χ0) is 15.2. The Hall–Kier alpha value is -2.29. The lowest BCUT2D eigenvalue weighted by Gasteiger charge is -2.26. The second-order valence-electron chi connectivity index (χ2n) is 5.34. The van der Waals surface area contributed by atoms with Gasteiger partial charge in [0.15, 0.2) is 0 Å². The third-order valence-electron chi connectivity index (χ3n) is 3.55. The molecule has 110 valence electrons. The van der Waals surface area contributed by atoms with E-state index in [1.54, 1.807) is 0 Å². The smallest absolute Gasteiger partial charge is 0.305 e. The number of carboxylic acids is 1. The highest BCUT2D eigenvalue weighted by Gasteiger charge is 2.11. The third kappa shape index (κ3) is 4.35. The molecule has 0 unspecified atom stereocenters. The highest BCUT2D eigenvalue weighted by Crippen LogP contribution is 2.22. The zero-order valence-corrected chi connectivity index (χ0v) is 12.5. The van der Waals surface area contributed by atoms with Crippen LogP contribution in [0.15, 0.2) is 48.5 Å². The van der Waals surface area contributed by atoms with Crippen LogP contribution in [-0.2, 0) is 11.3 Å². The molecule has 0 bridgehead atoms. The maximum atomic E-state index is 10.9. The summed E-state index contributed by atoms with van der Waals surface area (Å²) in [6.07, 6.45) is 0.139. The molecular formula is C18H21NO2. The summed E-state index contributed by atoms with van der Waals surface area (Å²) < 4.78 is 0. The Balaban J connectivity index is 2.21. The first kappa shape index (κ1) is 15.1. The van der Waals surface area contributed by atoms with Gasteiger partial charge in [0.05, 0.1) is 6.42 Å². The molecule has 2 rings (SSSR count). The standard InChI is InChI=1S/C18H21NO2/c1-14-7-9-16(10-8-14)13-19(12-11-18(20)21)17-6-4-3-5-15(17)2/h3-10H,11-13H2,1-2H3,(H,20,21). The summed E-state index contributed by atoms with van der Waals surface area (Å²) in [5.41, 5.74) is 4.68. The lowest BCUT2D eigenvalue weighted by Crippen LogP contribution is -2.26. The number of hydrogen-bond donors (Lipinski definition) is 1. The number of hydrogen-bond acceptors (Lipinski definition) is 2. The molecule has 0 saturated heterocycles. The first-order valence-corrected chi connectivity index (χ1v) is 7.14. The summed E-state index contributed by atoms with van der Waals surface area (Å²) in [4.78, 5) is 13.0. The minimum atomic E-state index is -0.766.